The van der Waals surface area contributed by atoms with Gasteiger partial charge in [0.15, 0.2) is 5.96 Å². The predicted octanol–water partition coefficient (Wildman–Crippen LogP) is 3.82. The Hall–Kier alpha value is -0.410. The van der Waals surface area contributed by atoms with Gasteiger partial charge in [-0.3, -0.25) is 0 Å². The van der Waals surface area contributed by atoms with Crippen molar-refractivity contribution in [3.05, 3.63) is 16.1 Å². The van der Waals surface area contributed by atoms with Gasteiger partial charge in [0.1, 0.15) is 5.01 Å². The van der Waals surface area contributed by atoms with Gasteiger partial charge < -0.3 is 15.5 Å². The fraction of sp³-hybridized carbons (Fsp3) is 0.778. The van der Waals surface area contributed by atoms with Crippen LogP contribution in [0, 0.1) is 0 Å². The van der Waals surface area contributed by atoms with Gasteiger partial charge in [-0.2, -0.15) is 0 Å². The second-order valence-electron chi connectivity index (χ2n) is 6.70. The maximum absolute atomic E-state index is 4.66. The van der Waals surface area contributed by atoms with Crippen LogP contribution >= 0.6 is 35.3 Å². The van der Waals surface area contributed by atoms with E-state index in [9.17, 15) is 0 Å². The topological polar surface area (TPSA) is 52.6 Å². The number of nitrogens with zero attached hydrogens (tertiary/aromatic N) is 3. The van der Waals surface area contributed by atoms with Gasteiger partial charge in [0.05, 0.1) is 12.2 Å². The van der Waals surface area contributed by atoms with E-state index in [1.165, 1.54) is 51.0 Å². The van der Waals surface area contributed by atoms with Crippen molar-refractivity contribution in [3.63, 3.8) is 0 Å². The summed E-state index contributed by atoms with van der Waals surface area (Å²) in [6.07, 6.45) is 5.21. The Labute approximate surface area is 174 Å². The number of halogens is 1. The number of rotatable bonds is 9. The van der Waals surface area contributed by atoms with E-state index < -0.39 is 0 Å². The van der Waals surface area contributed by atoms with Gasteiger partial charge in [0, 0.05) is 18.5 Å². The minimum absolute atomic E-state index is 0. The zero-order chi connectivity index (χ0) is 17.2. The maximum atomic E-state index is 4.66. The zero-order valence-corrected chi connectivity index (χ0v) is 19.0. The van der Waals surface area contributed by atoms with Crippen molar-refractivity contribution >= 4 is 41.3 Å². The number of likely N-dealkylation sites (tertiary alicyclic amines) is 1. The molecule has 25 heavy (non-hydrogen) atoms. The molecule has 1 saturated heterocycles. The lowest BCUT2D eigenvalue weighted by atomic mass is 10.2. The molecule has 1 aromatic rings. The summed E-state index contributed by atoms with van der Waals surface area (Å²) >= 11 is 1.70. The molecule has 2 N–H and O–H groups in total. The number of nitrogens with one attached hydrogen (secondary N) is 2. The first-order valence-corrected chi connectivity index (χ1v) is 10.3. The molecule has 0 aliphatic carbocycles. The summed E-state index contributed by atoms with van der Waals surface area (Å²) in [6, 6.07) is 0. The lowest BCUT2D eigenvalue weighted by molar-refractivity contribution is 0.330. The van der Waals surface area contributed by atoms with E-state index in [1.807, 2.05) is 0 Å². The number of hydrogen-bond acceptors (Lipinski definition) is 4. The van der Waals surface area contributed by atoms with Crippen molar-refractivity contribution in [3.8, 4) is 0 Å². The molecular formula is C18H34IN5S. The Balaban J connectivity index is 0.00000312. The molecule has 0 spiro atoms. The molecular weight excluding hydrogens is 445 g/mol. The molecule has 2 heterocycles. The Morgan fingerprint density at radius 2 is 2.04 bits per heavy atom. The third kappa shape index (κ3) is 8.68. The molecule has 144 valence electrons. The van der Waals surface area contributed by atoms with E-state index in [-0.39, 0.29) is 24.0 Å². The molecule has 1 aliphatic heterocycles. The third-order valence-corrected chi connectivity index (χ3v) is 5.12. The third-order valence-electron chi connectivity index (χ3n) is 4.27. The highest BCUT2D eigenvalue weighted by atomic mass is 127. The van der Waals surface area contributed by atoms with Crippen molar-refractivity contribution in [1.29, 1.82) is 0 Å². The molecule has 0 radical (unpaired) electrons. The first-order valence-electron chi connectivity index (χ1n) is 9.38. The summed E-state index contributed by atoms with van der Waals surface area (Å²) in [5.74, 6) is 1.39. The molecule has 2 rings (SSSR count). The highest BCUT2D eigenvalue weighted by molar-refractivity contribution is 14.0. The lowest BCUT2D eigenvalue weighted by Gasteiger charge is -2.15. The molecule has 0 saturated carbocycles. The molecule has 7 heteroatoms. The van der Waals surface area contributed by atoms with Crippen molar-refractivity contribution in [2.45, 2.75) is 58.9 Å². The monoisotopic (exact) mass is 479 g/mol. The van der Waals surface area contributed by atoms with Crippen LogP contribution in [0.1, 0.15) is 63.1 Å². The van der Waals surface area contributed by atoms with Crippen LogP contribution in [-0.2, 0) is 6.54 Å². The van der Waals surface area contributed by atoms with E-state index in [1.54, 1.807) is 11.3 Å². The molecule has 0 aromatic carbocycles. The summed E-state index contributed by atoms with van der Waals surface area (Å²) in [5.41, 5.74) is 1.17. The van der Waals surface area contributed by atoms with E-state index in [0.717, 1.165) is 24.1 Å². The fourth-order valence-electron chi connectivity index (χ4n) is 2.82. The van der Waals surface area contributed by atoms with Crippen molar-refractivity contribution in [1.82, 2.24) is 20.5 Å². The molecule has 1 aromatic heterocycles. The van der Waals surface area contributed by atoms with Gasteiger partial charge >= 0.3 is 0 Å². The van der Waals surface area contributed by atoms with Crippen LogP contribution in [0.15, 0.2) is 10.4 Å². The van der Waals surface area contributed by atoms with E-state index in [0.29, 0.717) is 12.5 Å². The molecule has 0 amide bonds. The van der Waals surface area contributed by atoms with Gasteiger partial charge in [0.25, 0.3) is 0 Å². The van der Waals surface area contributed by atoms with Crippen LogP contribution in [0.4, 0.5) is 0 Å². The summed E-state index contributed by atoms with van der Waals surface area (Å²) < 4.78 is 0. The predicted molar refractivity (Wildman–Crippen MR) is 119 cm³/mol. The van der Waals surface area contributed by atoms with Gasteiger partial charge in [-0.25, -0.2) is 9.98 Å². The van der Waals surface area contributed by atoms with E-state index in [2.05, 4.69) is 51.7 Å². The molecule has 0 unspecified atom stereocenters. The van der Waals surface area contributed by atoms with Crippen molar-refractivity contribution in [2.75, 3.05) is 32.7 Å². The summed E-state index contributed by atoms with van der Waals surface area (Å²) in [5, 5.41) is 10.00. The Morgan fingerprint density at radius 3 is 2.68 bits per heavy atom. The highest BCUT2D eigenvalue weighted by Crippen LogP contribution is 2.18. The largest absolute Gasteiger partial charge is 0.357 e. The lowest BCUT2D eigenvalue weighted by Crippen LogP contribution is -2.38. The highest BCUT2D eigenvalue weighted by Gasteiger charge is 2.10. The van der Waals surface area contributed by atoms with Crippen LogP contribution in [0.25, 0.3) is 0 Å². The standard InChI is InChI=1S/C18H33N5S.HI/c1-4-19-18(20-9-5-6-10-23-11-7-8-12-23)21-13-17-22-16(14-24-17)15(2)3;/h14-15H,4-13H2,1-3H3,(H2,19,20,21);1H. The van der Waals surface area contributed by atoms with Gasteiger partial charge in [0.2, 0.25) is 0 Å². The Morgan fingerprint density at radius 1 is 1.28 bits per heavy atom. The SMILES string of the molecule is CCNC(=NCc1nc(C(C)C)cs1)NCCCCN1CCCC1.I. The normalized spacial score (nSPS) is 15.4. The number of hydrogen-bond donors (Lipinski definition) is 2. The van der Waals surface area contributed by atoms with Gasteiger partial charge in [-0.1, -0.05) is 13.8 Å². The van der Waals surface area contributed by atoms with Crippen LogP contribution in [0.2, 0.25) is 0 Å². The van der Waals surface area contributed by atoms with Crippen LogP contribution in [0.3, 0.4) is 0 Å². The van der Waals surface area contributed by atoms with Gasteiger partial charge in [-0.15, -0.1) is 35.3 Å². The van der Waals surface area contributed by atoms with Crippen LogP contribution < -0.4 is 10.6 Å². The quantitative estimate of drug-likeness (QED) is 0.245. The van der Waals surface area contributed by atoms with Gasteiger partial charge in [-0.05, 0) is 58.2 Å². The average Bonchev–Trinajstić information content (AvgIpc) is 3.23. The second-order valence-corrected chi connectivity index (χ2v) is 7.64. The molecule has 5 nitrogen and oxygen atoms in total. The number of aliphatic imine (C=N–C) groups is 1. The van der Waals surface area contributed by atoms with E-state index >= 15 is 0 Å². The summed E-state index contributed by atoms with van der Waals surface area (Å²) in [4.78, 5) is 11.9. The Bertz CT molecular complexity index is 497. The molecule has 1 fully saturated rings. The van der Waals surface area contributed by atoms with Crippen molar-refractivity contribution in [2.24, 2.45) is 4.99 Å². The maximum Gasteiger partial charge on any atom is 0.191 e. The number of aromatic nitrogens is 1. The fourth-order valence-corrected chi connectivity index (χ4v) is 3.70. The summed E-state index contributed by atoms with van der Waals surface area (Å²) in [7, 11) is 0. The first kappa shape index (κ1) is 22.6. The van der Waals surface area contributed by atoms with Crippen LogP contribution in [-0.4, -0.2) is 48.6 Å². The van der Waals surface area contributed by atoms with Crippen molar-refractivity contribution < 1.29 is 0 Å². The molecule has 0 atom stereocenters. The second kappa shape index (κ2) is 12.9. The number of unbranched alkanes of at least 4 members (excludes halogenated alkanes) is 1. The summed E-state index contributed by atoms with van der Waals surface area (Å²) in [6.45, 7) is 12.8. The minimum atomic E-state index is 0. The minimum Gasteiger partial charge on any atom is -0.357 e. The Kier molecular flexibility index (Phi) is 11.6. The average molecular weight is 479 g/mol. The number of thiazole rings is 1. The zero-order valence-electron chi connectivity index (χ0n) is 15.9. The first-order chi connectivity index (χ1) is 11.7. The van der Waals surface area contributed by atoms with Crippen LogP contribution in [0.5, 0.6) is 0 Å². The van der Waals surface area contributed by atoms with E-state index in [4.69, 9.17) is 0 Å². The smallest absolute Gasteiger partial charge is 0.191 e. The molecule has 1 aliphatic rings. The molecule has 0 bridgehead atoms. The number of guanidine groups is 1.